The maximum absolute atomic E-state index is 11.9. The molecule has 0 aliphatic rings. The molecule has 21 heavy (non-hydrogen) atoms. The number of phenols is 1. The second-order valence-electron chi connectivity index (χ2n) is 4.89. The quantitative estimate of drug-likeness (QED) is 0.682. The number of esters is 1. The van der Waals surface area contributed by atoms with E-state index >= 15 is 0 Å². The van der Waals surface area contributed by atoms with Gasteiger partial charge in [-0.3, -0.25) is 0 Å². The molecule has 6 heteroatoms. The predicted molar refractivity (Wildman–Crippen MR) is 77.5 cm³/mol. The van der Waals surface area contributed by atoms with E-state index in [0.29, 0.717) is 17.5 Å². The van der Waals surface area contributed by atoms with Gasteiger partial charge in [0.1, 0.15) is 16.9 Å². The molecule has 0 atom stereocenters. The molecule has 0 saturated carbocycles. The SMILES string of the molecule is CCOC(=O)c1cc2ccc(O)c(CN(C)C)c2oc1=O. The first kappa shape index (κ1) is 15.1. The minimum absolute atomic E-state index is 0.0447. The van der Waals surface area contributed by atoms with Crippen LogP contribution in [0.3, 0.4) is 0 Å². The zero-order valence-electron chi connectivity index (χ0n) is 12.2. The van der Waals surface area contributed by atoms with Crippen molar-refractivity contribution in [1.82, 2.24) is 4.90 Å². The highest BCUT2D eigenvalue weighted by Gasteiger charge is 2.18. The Morgan fingerprint density at radius 2 is 2.10 bits per heavy atom. The first-order valence-corrected chi connectivity index (χ1v) is 6.54. The molecule has 0 aliphatic heterocycles. The third-order valence-electron chi connectivity index (χ3n) is 2.95. The fraction of sp³-hybridized carbons (Fsp3) is 0.333. The number of hydrogen-bond donors (Lipinski definition) is 1. The molecule has 2 rings (SSSR count). The molecular weight excluding hydrogens is 274 g/mol. The minimum Gasteiger partial charge on any atom is -0.507 e. The van der Waals surface area contributed by atoms with Crippen LogP contribution >= 0.6 is 0 Å². The van der Waals surface area contributed by atoms with Gasteiger partial charge in [-0.25, -0.2) is 9.59 Å². The number of rotatable bonds is 4. The Labute approximate surface area is 121 Å². The van der Waals surface area contributed by atoms with Crippen LogP contribution in [0.25, 0.3) is 11.0 Å². The summed E-state index contributed by atoms with van der Waals surface area (Å²) in [6, 6.07) is 4.53. The number of fused-ring (bicyclic) bond motifs is 1. The summed E-state index contributed by atoms with van der Waals surface area (Å²) in [5.74, 6) is -0.668. The molecule has 0 bridgehead atoms. The van der Waals surface area contributed by atoms with Gasteiger partial charge in [0.05, 0.1) is 12.2 Å². The highest BCUT2D eigenvalue weighted by Crippen LogP contribution is 2.27. The second kappa shape index (κ2) is 5.97. The van der Waals surface area contributed by atoms with E-state index < -0.39 is 11.6 Å². The molecule has 0 radical (unpaired) electrons. The molecule has 0 amide bonds. The minimum atomic E-state index is -0.772. The summed E-state index contributed by atoms with van der Waals surface area (Å²) < 4.78 is 10.0. The lowest BCUT2D eigenvalue weighted by Crippen LogP contribution is -2.17. The van der Waals surface area contributed by atoms with Crippen LogP contribution in [-0.2, 0) is 11.3 Å². The van der Waals surface area contributed by atoms with Crippen molar-refractivity contribution in [2.45, 2.75) is 13.5 Å². The fourth-order valence-electron chi connectivity index (χ4n) is 2.05. The summed E-state index contributed by atoms with van der Waals surface area (Å²) in [4.78, 5) is 25.5. The lowest BCUT2D eigenvalue weighted by molar-refractivity contribution is 0.0522. The summed E-state index contributed by atoms with van der Waals surface area (Å²) in [5, 5.41) is 10.5. The van der Waals surface area contributed by atoms with Crippen molar-refractivity contribution in [3.05, 3.63) is 39.7 Å². The van der Waals surface area contributed by atoms with Crippen molar-refractivity contribution in [2.75, 3.05) is 20.7 Å². The molecule has 1 aromatic heterocycles. The van der Waals surface area contributed by atoms with Gasteiger partial charge in [0, 0.05) is 11.9 Å². The molecule has 0 saturated heterocycles. The van der Waals surface area contributed by atoms with Crippen molar-refractivity contribution in [1.29, 1.82) is 0 Å². The summed E-state index contributed by atoms with van der Waals surface area (Å²) in [7, 11) is 3.67. The average Bonchev–Trinajstić information content (AvgIpc) is 2.41. The smallest absolute Gasteiger partial charge is 0.351 e. The Balaban J connectivity index is 2.63. The van der Waals surface area contributed by atoms with Crippen LogP contribution in [-0.4, -0.2) is 36.7 Å². The van der Waals surface area contributed by atoms with Crippen molar-refractivity contribution >= 4 is 16.9 Å². The van der Waals surface area contributed by atoms with E-state index in [-0.39, 0.29) is 23.5 Å². The number of aromatic hydroxyl groups is 1. The van der Waals surface area contributed by atoms with Crippen LogP contribution in [0.5, 0.6) is 5.75 Å². The lowest BCUT2D eigenvalue weighted by Gasteiger charge is -2.13. The van der Waals surface area contributed by atoms with Gasteiger partial charge in [-0.2, -0.15) is 0 Å². The van der Waals surface area contributed by atoms with E-state index in [1.165, 1.54) is 12.1 Å². The van der Waals surface area contributed by atoms with Gasteiger partial charge in [0.2, 0.25) is 0 Å². The Morgan fingerprint density at radius 3 is 2.71 bits per heavy atom. The number of nitrogens with zero attached hydrogens (tertiary/aromatic N) is 1. The topological polar surface area (TPSA) is 80.0 Å². The Hall–Kier alpha value is -2.34. The van der Waals surface area contributed by atoms with Crippen molar-refractivity contribution in [2.24, 2.45) is 0 Å². The van der Waals surface area contributed by atoms with E-state index in [4.69, 9.17) is 9.15 Å². The van der Waals surface area contributed by atoms with Crippen LogP contribution in [0.2, 0.25) is 0 Å². The highest BCUT2D eigenvalue weighted by molar-refractivity contribution is 5.93. The normalized spacial score (nSPS) is 11.0. The van der Waals surface area contributed by atoms with Gasteiger partial charge in [-0.15, -0.1) is 0 Å². The first-order valence-electron chi connectivity index (χ1n) is 6.54. The van der Waals surface area contributed by atoms with Crippen molar-refractivity contribution < 1.29 is 19.1 Å². The zero-order chi connectivity index (χ0) is 15.6. The lowest BCUT2D eigenvalue weighted by atomic mass is 10.1. The van der Waals surface area contributed by atoms with Crippen LogP contribution in [0.4, 0.5) is 0 Å². The Bertz CT molecular complexity index is 733. The number of carbonyl (C=O) groups excluding carboxylic acids is 1. The van der Waals surface area contributed by atoms with Crippen LogP contribution < -0.4 is 5.63 Å². The average molecular weight is 291 g/mol. The molecule has 0 fully saturated rings. The number of benzene rings is 1. The monoisotopic (exact) mass is 291 g/mol. The number of phenolic OH excluding ortho intramolecular Hbond substituents is 1. The highest BCUT2D eigenvalue weighted by atomic mass is 16.5. The summed E-state index contributed by atoms with van der Waals surface area (Å²) in [6.07, 6.45) is 0. The fourth-order valence-corrected chi connectivity index (χ4v) is 2.05. The Morgan fingerprint density at radius 1 is 1.38 bits per heavy atom. The molecule has 2 aromatic rings. The van der Waals surface area contributed by atoms with E-state index in [9.17, 15) is 14.7 Å². The van der Waals surface area contributed by atoms with Gasteiger partial charge in [-0.05, 0) is 39.2 Å². The third kappa shape index (κ3) is 3.05. The standard InChI is InChI=1S/C15H17NO5/c1-4-20-14(18)10-7-9-5-6-12(17)11(8-16(2)3)13(9)21-15(10)19/h5-7,17H,4,8H2,1-3H3. The summed E-state index contributed by atoms with van der Waals surface area (Å²) >= 11 is 0. The van der Waals surface area contributed by atoms with E-state index in [1.54, 1.807) is 13.0 Å². The van der Waals surface area contributed by atoms with E-state index in [2.05, 4.69) is 0 Å². The van der Waals surface area contributed by atoms with Gasteiger partial charge >= 0.3 is 11.6 Å². The molecular formula is C15H17NO5. The second-order valence-corrected chi connectivity index (χ2v) is 4.89. The molecule has 0 spiro atoms. The third-order valence-corrected chi connectivity index (χ3v) is 2.95. The zero-order valence-corrected chi connectivity index (χ0v) is 12.2. The van der Waals surface area contributed by atoms with Crippen molar-refractivity contribution in [3.63, 3.8) is 0 Å². The number of hydrogen-bond acceptors (Lipinski definition) is 6. The van der Waals surface area contributed by atoms with Gasteiger partial charge in [0.25, 0.3) is 0 Å². The van der Waals surface area contributed by atoms with E-state index in [1.807, 2.05) is 19.0 Å². The molecule has 112 valence electrons. The van der Waals surface area contributed by atoms with Gasteiger partial charge < -0.3 is 19.2 Å². The largest absolute Gasteiger partial charge is 0.507 e. The predicted octanol–water partition coefficient (Wildman–Crippen LogP) is 1.74. The summed E-state index contributed by atoms with van der Waals surface area (Å²) in [5.41, 5.74) is -0.135. The maximum atomic E-state index is 11.9. The van der Waals surface area contributed by atoms with E-state index in [0.717, 1.165) is 0 Å². The Kier molecular flexibility index (Phi) is 4.28. The molecule has 0 aliphatic carbocycles. The molecule has 1 heterocycles. The van der Waals surface area contributed by atoms with Crippen molar-refractivity contribution in [3.8, 4) is 5.75 Å². The number of ether oxygens (including phenoxy) is 1. The van der Waals surface area contributed by atoms with Crippen LogP contribution in [0.15, 0.2) is 27.4 Å². The molecule has 0 unspecified atom stereocenters. The summed E-state index contributed by atoms with van der Waals surface area (Å²) in [6.45, 7) is 2.25. The van der Waals surface area contributed by atoms with Gasteiger partial charge in [0.15, 0.2) is 0 Å². The van der Waals surface area contributed by atoms with Crippen LogP contribution in [0, 0.1) is 0 Å². The molecule has 1 N–H and O–H groups in total. The van der Waals surface area contributed by atoms with Gasteiger partial charge in [-0.1, -0.05) is 0 Å². The van der Waals surface area contributed by atoms with Crippen LogP contribution in [0.1, 0.15) is 22.8 Å². The first-order chi connectivity index (χ1) is 9.93. The maximum Gasteiger partial charge on any atom is 0.351 e. The molecule has 6 nitrogen and oxygen atoms in total. The number of carbonyl (C=O) groups is 1. The molecule has 1 aromatic carbocycles.